The van der Waals surface area contributed by atoms with Crippen molar-refractivity contribution in [3.63, 3.8) is 0 Å². The van der Waals surface area contributed by atoms with E-state index in [0.29, 0.717) is 17.0 Å². The van der Waals surface area contributed by atoms with Crippen LogP contribution in [0.3, 0.4) is 0 Å². The first kappa shape index (κ1) is 21.4. The number of alkyl halides is 3. The van der Waals surface area contributed by atoms with Crippen LogP contribution in [0, 0.1) is 18.3 Å². The Balaban J connectivity index is 1.96. The second-order valence-electron chi connectivity index (χ2n) is 7.41. The van der Waals surface area contributed by atoms with E-state index in [0.717, 1.165) is 15.3 Å². The number of methoxy groups -OCH3 is 1. The van der Waals surface area contributed by atoms with E-state index in [-0.39, 0.29) is 24.0 Å². The van der Waals surface area contributed by atoms with E-state index in [9.17, 15) is 28.0 Å². The molecule has 3 aromatic rings. The molecule has 1 aromatic heterocycles. The first-order valence-electron chi connectivity index (χ1n) is 9.67. The zero-order valence-electron chi connectivity index (χ0n) is 17.1. The third kappa shape index (κ3) is 3.36. The minimum Gasteiger partial charge on any atom is -0.497 e. The van der Waals surface area contributed by atoms with Crippen molar-refractivity contribution in [2.45, 2.75) is 32.0 Å². The number of aryl methyl sites for hydroxylation is 1. The number of nitriles is 1. The average Bonchev–Trinajstić information content (AvgIpc) is 3.17. The molecule has 0 amide bonds. The summed E-state index contributed by atoms with van der Waals surface area (Å²) in [6.45, 7) is 1.70. The minimum atomic E-state index is -4.55. The van der Waals surface area contributed by atoms with Crippen LogP contribution in [0.15, 0.2) is 46.0 Å². The fourth-order valence-electron chi connectivity index (χ4n) is 4.15. The monoisotopic (exact) mass is 442 g/mol. The van der Waals surface area contributed by atoms with Gasteiger partial charge in [-0.2, -0.15) is 23.1 Å². The molecule has 4 rings (SSSR count). The van der Waals surface area contributed by atoms with Crippen LogP contribution >= 0.6 is 0 Å². The Hall–Kier alpha value is -3.87. The van der Waals surface area contributed by atoms with Crippen molar-refractivity contribution in [1.29, 1.82) is 5.26 Å². The number of nitrogens with zero attached hydrogens (tertiary/aromatic N) is 4. The lowest BCUT2D eigenvalue weighted by Crippen LogP contribution is -2.44. The van der Waals surface area contributed by atoms with E-state index in [2.05, 4.69) is 5.10 Å². The maximum absolute atomic E-state index is 13.4. The Morgan fingerprint density at radius 2 is 1.97 bits per heavy atom. The number of halogens is 3. The second kappa shape index (κ2) is 7.67. The lowest BCUT2D eigenvalue weighted by molar-refractivity contribution is -0.138. The Morgan fingerprint density at radius 1 is 1.22 bits per heavy atom. The van der Waals surface area contributed by atoms with Gasteiger partial charge < -0.3 is 4.74 Å². The van der Waals surface area contributed by atoms with Crippen molar-refractivity contribution in [3.05, 3.63) is 85.2 Å². The topological polar surface area (TPSA) is 89.9 Å². The number of hydrogen-bond donors (Lipinski definition) is 0. The van der Waals surface area contributed by atoms with Crippen molar-refractivity contribution in [1.82, 2.24) is 14.3 Å². The van der Waals surface area contributed by atoms with Crippen LogP contribution in [-0.2, 0) is 12.6 Å². The van der Waals surface area contributed by atoms with Crippen molar-refractivity contribution >= 4 is 0 Å². The summed E-state index contributed by atoms with van der Waals surface area (Å²) in [6, 6.07) is 9.28. The van der Waals surface area contributed by atoms with E-state index < -0.39 is 34.7 Å². The highest BCUT2D eigenvalue weighted by Gasteiger charge is 2.38. The molecule has 0 fully saturated rings. The van der Waals surface area contributed by atoms with Crippen molar-refractivity contribution < 1.29 is 17.9 Å². The Bertz CT molecular complexity index is 1380. The van der Waals surface area contributed by atoms with Crippen LogP contribution < -0.4 is 16.0 Å². The standard InChI is InChI=1S/C22H17F3N4O3/c1-12-10-13(32-2)6-8-18(12)29-21(31)28(20(30)17(11-26)27-29)19-9-7-14-15(19)4-3-5-16(14)22(23,24)25/h3-6,8,10,19H,7,9H2,1-2H3/t19-/m1/s1. The molecule has 1 atom stereocenters. The number of rotatable bonds is 3. The molecule has 0 spiro atoms. The van der Waals surface area contributed by atoms with Crippen LogP contribution in [0.2, 0.25) is 0 Å². The van der Waals surface area contributed by atoms with Gasteiger partial charge in [-0.1, -0.05) is 12.1 Å². The fourth-order valence-corrected chi connectivity index (χ4v) is 4.15. The molecule has 0 saturated carbocycles. The summed E-state index contributed by atoms with van der Waals surface area (Å²) >= 11 is 0. The summed E-state index contributed by atoms with van der Waals surface area (Å²) in [4.78, 5) is 26.2. The van der Waals surface area contributed by atoms with Gasteiger partial charge in [-0.15, -0.1) is 5.10 Å². The first-order valence-corrected chi connectivity index (χ1v) is 9.67. The lowest BCUT2D eigenvalue weighted by Gasteiger charge is -2.18. The lowest BCUT2D eigenvalue weighted by atomic mass is 10.0. The van der Waals surface area contributed by atoms with Gasteiger partial charge >= 0.3 is 11.9 Å². The molecular weight excluding hydrogens is 425 g/mol. The van der Waals surface area contributed by atoms with E-state index in [1.54, 1.807) is 31.2 Å². The fraction of sp³-hybridized carbons (Fsp3) is 0.273. The van der Waals surface area contributed by atoms with Crippen molar-refractivity contribution in [3.8, 4) is 17.5 Å². The average molecular weight is 442 g/mol. The highest BCUT2D eigenvalue weighted by molar-refractivity contribution is 5.45. The zero-order chi connectivity index (χ0) is 23.2. The second-order valence-corrected chi connectivity index (χ2v) is 7.41. The van der Waals surface area contributed by atoms with Crippen LogP contribution in [0.1, 0.15) is 40.4 Å². The van der Waals surface area contributed by atoms with E-state index in [4.69, 9.17) is 4.74 Å². The largest absolute Gasteiger partial charge is 0.497 e. The van der Waals surface area contributed by atoms with Crippen LogP contribution in [0.5, 0.6) is 5.75 Å². The number of ether oxygens (including phenoxy) is 1. The molecule has 7 nitrogen and oxygen atoms in total. The minimum absolute atomic E-state index is 0.0489. The molecule has 0 bridgehead atoms. The van der Waals surface area contributed by atoms with Gasteiger partial charge in [0.05, 0.1) is 24.4 Å². The number of hydrogen-bond acceptors (Lipinski definition) is 5. The molecule has 1 heterocycles. The maximum atomic E-state index is 13.4. The predicted molar refractivity (Wildman–Crippen MR) is 108 cm³/mol. The van der Waals surface area contributed by atoms with Crippen molar-refractivity contribution in [2.24, 2.45) is 0 Å². The molecule has 0 aliphatic heterocycles. The molecule has 0 saturated heterocycles. The third-order valence-corrected chi connectivity index (χ3v) is 5.60. The van der Waals surface area contributed by atoms with Gasteiger partial charge in [-0.3, -0.25) is 4.79 Å². The van der Waals surface area contributed by atoms with Gasteiger partial charge in [-0.05, 0) is 60.7 Å². The predicted octanol–water partition coefficient (Wildman–Crippen LogP) is 3.14. The van der Waals surface area contributed by atoms with E-state index in [1.165, 1.54) is 19.2 Å². The van der Waals surface area contributed by atoms with Gasteiger partial charge in [0.1, 0.15) is 11.8 Å². The molecule has 0 radical (unpaired) electrons. The highest BCUT2D eigenvalue weighted by Crippen LogP contribution is 2.41. The smallest absolute Gasteiger partial charge is 0.416 e. The Kier molecular flexibility index (Phi) is 5.12. The summed E-state index contributed by atoms with van der Waals surface area (Å²) < 4.78 is 47.3. The van der Waals surface area contributed by atoms with Crippen LogP contribution in [0.4, 0.5) is 13.2 Å². The molecule has 164 valence electrons. The molecule has 2 aromatic carbocycles. The highest BCUT2D eigenvalue weighted by atomic mass is 19.4. The summed E-state index contributed by atoms with van der Waals surface area (Å²) in [6.07, 6.45) is -4.39. The summed E-state index contributed by atoms with van der Waals surface area (Å²) in [5.74, 6) is 0.539. The Morgan fingerprint density at radius 3 is 2.59 bits per heavy atom. The zero-order valence-corrected chi connectivity index (χ0v) is 17.1. The molecule has 32 heavy (non-hydrogen) atoms. The van der Waals surface area contributed by atoms with E-state index >= 15 is 0 Å². The van der Waals surface area contributed by atoms with Crippen molar-refractivity contribution in [2.75, 3.05) is 7.11 Å². The van der Waals surface area contributed by atoms with Gasteiger partial charge in [0.15, 0.2) is 0 Å². The van der Waals surface area contributed by atoms with Crippen LogP contribution in [-0.4, -0.2) is 21.5 Å². The molecule has 0 N–H and O–H groups in total. The van der Waals surface area contributed by atoms with Gasteiger partial charge in [0.25, 0.3) is 5.56 Å². The summed E-state index contributed by atoms with van der Waals surface area (Å²) in [5.41, 5.74) is -1.87. The quantitative estimate of drug-likeness (QED) is 0.622. The van der Waals surface area contributed by atoms with Crippen LogP contribution in [0.25, 0.3) is 5.69 Å². The summed E-state index contributed by atoms with van der Waals surface area (Å²) in [7, 11) is 1.49. The van der Waals surface area contributed by atoms with Gasteiger partial charge in [-0.25, -0.2) is 9.36 Å². The molecule has 1 aliphatic rings. The number of fused-ring (bicyclic) bond motifs is 1. The van der Waals surface area contributed by atoms with E-state index in [1.807, 2.05) is 0 Å². The number of aromatic nitrogens is 3. The Labute approximate surface area is 179 Å². The normalized spacial score (nSPS) is 15.3. The summed E-state index contributed by atoms with van der Waals surface area (Å²) in [5, 5.41) is 13.3. The van der Waals surface area contributed by atoms with Gasteiger partial charge in [0.2, 0.25) is 5.69 Å². The maximum Gasteiger partial charge on any atom is 0.416 e. The molecule has 0 unspecified atom stereocenters. The van der Waals surface area contributed by atoms with Gasteiger partial charge in [0, 0.05) is 0 Å². The molecule has 10 heteroatoms. The molecule has 1 aliphatic carbocycles. The first-order chi connectivity index (χ1) is 15.2. The number of benzene rings is 2. The third-order valence-electron chi connectivity index (χ3n) is 5.60. The molecular formula is C22H17F3N4O3. The SMILES string of the molecule is COc1ccc(-n2nc(C#N)c(=O)n([C@@H]3CCc4c3cccc4C(F)(F)F)c2=O)c(C)c1.